The fourth-order valence-electron chi connectivity index (χ4n) is 2.98. The summed E-state index contributed by atoms with van der Waals surface area (Å²) in [6.45, 7) is 3.99. The summed E-state index contributed by atoms with van der Waals surface area (Å²) in [5.74, 6) is -0.0194. The van der Waals surface area contributed by atoms with E-state index in [4.69, 9.17) is 0 Å². The van der Waals surface area contributed by atoms with Crippen LogP contribution in [0.15, 0.2) is 77.6 Å². The lowest BCUT2D eigenvalue weighted by molar-refractivity contribution is -0.123. The zero-order valence-electron chi connectivity index (χ0n) is 15.5. The van der Waals surface area contributed by atoms with Gasteiger partial charge in [0.2, 0.25) is 5.91 Å². The zero-order valence-corrected chi connectivity index (χ0v) is 15.5. The summed E-state index contributed by atoms with van der Waals surface area (Å²) >= 11 is 0. The maximum atomic E-state index is 12.6. The van der Waals surface area contributed by atoms with Gasteiger partial charge >= 0.3 is 0 Å². The highest BCUT2D eigenvalue weighted by molar-refractivity contribution is 5.76. The molecule has 1 atom stereocenters. The van der Waals surface area contributed by atoms with E-state index in [1.54, 1.807) is 6.07 Å². The van der Waals surface area contributed by atoms with E-state index >= 15 is 0 Å². The van der Waals surface area contributed by atoms with Gasteiger partial charge in [0.05, 0.1) is 11.7 Å². The van der Waals surface area contributed by atoms with Gasteiger partial charge in [-0.25, -0.2) is 4.68 Å². The van der Waals surface area contributed by atoms with Gasteiger partial charge in [-0.15, -0.1) is 0 Å². The van der Waals surface area contributed by atoms with E-state index in [2.05, 4.69) is 24.3 Å². The number of benzene rings is 2. The van der Waals surface area contributed by atoms with Gasteiger partial charge in [0.25, 0.3) is 5.56 Å². The molecule has 0 spiro atoms. The van der Waals surface area contributed by atoms with E-state index in [1.165, 1.54) is 10.7 Å². The highest BCUT2D eigenvalue weighted by atomic mass is 16.2. The van der Waals surface area contributed by atoms with Gasteiger partial charge in [-0.2, -0.15) is 5.10 Å². The van der Waals surface area contributed by atoms with Crippen LogP contribution in [0.2, 0.25) is 0 Å². The average Bonchev–Trinajstić information content (AvgIpc) is 2.69. The molecule has 5 heteroatoms. The van der Waals surface area contributed by atoms with Crippen molar-refractivity contribution in [3.8, 4) is 11.3 Å². The second kappa shape index (κ2) is 8.45. The highest BCUT2D eigenvalue weighted by Crippen LogP contribution is 2.21. The van der Waals surface area contributed by atoms with Crippen LogP contribution < -0.4 is 10.9 Å². The van der Waals surface area contributed by atoms with Gasteiger partial charge in [0, 0.05) is 11.6 Å². The fraction of sp³-hybridized carbons (Fsp3) is 0.227. The molecule has 0 fully saturated rings. The number of hydrogen-bond acceptors (Lipinski definition) is 3. The first-order valence-corrected chi connectivity index (χ1v) is 9.02. The molecule has 0 aliphatic heterocycles. The molecule has 2 aromatic carbocycles. The lowest BCUT2D eigenvalue weighted by Gasteiger charge is -2.23. The molecule has 138 valence electrons. The topological polar surface area (TPSA) is 64.0 Å². The van der Waals surface area contributed by atoms with Gasteiger partial charge in [0.1, 0.15) is 6.54 Å². The Morgan fingerprint density at radius 2 is 1.59 bits per heavy atom. The minimum absolute atomic E-state index is 0.116. The normalized spacial score (nSPS) is 12.0. The SMILES string of the molecule is CC(C)[C@@H](NC(=O)Cn1nc(-c2ccccc2)ccc1=O)c1ccccc1. The second-order valence-electron chi connectivity index (χ2n) is 6.78. The zero-order chi connectivity index (χ0) is 19.2. The number of carbonyl (C=O) groups excluding carboxylic acids is 1. The van der Waals surface area contributed by atoms with Crippen molar-refractivity contribution < 1.29 is 4.79 Å². The average molecular weight is 361 g/mol. The maximum absolute atomic E-state index is 12.6. The standard InChI is InChI=1S/C22H23N3O2/c1-16(2)22(18-11-7-4-8-12-18)23-20(26)15-25-21(27)14-13-19(24-25)17-9-5-3-6-10-17/h3-14,16,22H,15H2,1-2H3,(H,23,26)/t22-/m1/s1. The minimum atomic E-state index is -0.300. The molecule has 0 bridgehead atoms. The van der Waals surface area contributed by atoms with Crippen LogP contribution in [-0.2, 0) is 11.3 Å². The number of hydrogen-bond donors (Lipinski definition) is 1. The van der Waals surface area contributed by atoms with Crippen LogP contribution in [0.5, 0.6) is 0 Å². The van der Waals surface area contributed by atoms with Crippen molar-refractivity contribution in [3.63, 3.8) is 0 Å². The Balaban J connectivity index is 1.78. The van der Waals surface area contributed by atoms with Crippen LogP contribution in [0.1, 0.15) is 25.5 Å². The van der Waals surface area contributed by atoms with E-state index in [9.17, 15) is 9.59 Å². The number of nitrogens with one attached hydrogen (secondary N) is 1. The molecule has 1 aromatic heterocycles. The Labute approximate surface area is 158 Å². The second-order valence-corrected chi connectivity index (χ2v) is 6.78. The van der Waals surface area contributed by atoms with Gasteiger partial charge in [-0.3, -0.25) is 9.59 Å². The van der Waals surface area contributed by atoms with Crippen molar-refractivity contribution >= 4 is 5.91 Å². The molecule has 1 heterocycles. The molecule has 0 saturated heterocycles. The molecule has 0 unspecified atom stereocenters. The van der Waals surface area contributed by atoms with Gasteiger partial charge in [-0.1, -0.05) is 74.5 Å². The number of rotatable bonds is 6. The Kier molecular flexibility index (Phi) is 5.81. The lowest BCUT2D eigenvalue weighted by atomic mass is 9.96. The number of amides is 1. The summed E-state index contributed by atoms with van der Waals surface area (Å²) in [5.41, 5.74) is 2.30. The molecule has 0 aliphatic carbocycles. The van der Waals surface area contributed by atoms with Gasteiger partial charge in [-0.05, 0) is 17.5 Å². The smallest absolute Gasteiger partial charge is 0.267 e. The number of nitrogens with zero attached hydrogens (tertiary/aromatic N) is 2. The summed E-state index contributed by atoms with van der Waals surface area (Å²) in [4.78, 5) is 24.7. The fourth-order valence-corrected chi connectivity index (χ4v) is 2.98. The molecule has 0 aliphatic rings. The van der Waals surface area contributed by atoms with Crippen molar-refractivity contribution in [2.24, 2.45) is 5.92 Å². The van der Waals surface area contributed by atoms with Crippen LogP contribution in [0.25, 0.3) is 11.3 Å². The first-order valence-electron chi connectivity index (χ1n) is 9.02. The van der Waals surface area contributed by atoms with Gasteiger partial charge < -0.3 is 5.32 Å². The molecule has 3 rings (SSSR count). The molecule has 1 N–H and O–H groups in total. The molecule has 5 nitrogen and oxygen atoms in total. The molecule has 1 amide bonds. The largest absolute Gasteiger partial charge is 0.347 e. The molecule has 27 heavy (non-hydrogen) atoms. The van der Waals surface area contributed by atoms with E-state index < -0.39 is 0 Å². The van der Waals surface area contributed by atoms with Crippen LogP contribution in [0.3, 0.4) is 0 Å². The third-order valence-corrected chi connectivity index (χ3v) is 4.37. The quantitative estimate of drug-likeness (QED) is 0.732. The summed E-state index contributed by atoms with van der Waals surface area (Å²) in [5, 5.41) is 7.38. The Morgan fingerprint density at radius 3 is 2.22 bits per heavy atom. The Morgan fingerprint density at radius 1 is 0.963 bits per heavy atom. The first kappa shape index (κ1) is 18.6. The highest BCUT2D eigenvalue weighted by Gasteiger charge is 2.18. The van der Waals surface area contributed by atoms with Crippen molar-refractivity contribution in [3.05, 3.63) is 88.7 Å². The molecular formula is C22H23N3O2. The Hall–Kier alpha value is -3.21. The third kappa shape index (κ3) is 4.70. The van der Waals surface area contributed by atoms with Crippen molar-refractivity contribution in [1.29, 1.82) is 0 Å². The van der Waals surface area contributed by atoms with Crippen LogP contribution in [-0.4, -0.2) is 15.7 Å². The molecule has 3 aromatic rings. The summed E-state index contributed by atoms with van der Waals surface area (Å²) < 4.78 is 1.21. The predicted octanol–water partition coefficient (Wildman–Crippen LogP) is 3.42. The third-order valence-electron chi connectivity index (χ3n) is 4.37. The van der Waals surface area contributed by atoms with Gasteiger partial charge in [0.15, 0.2) is 0 Å². The summed E-state index contributed by atoms with van der Waals surface area (Å²) in [7, 11) is 0. The Bertz CT molecular complexity index is 950. The molecular weight excluding hydrogens is 338 g/mol. The lowest BCUT2D eigenvalue weighted by Crippen LogP contribution is -2.37. The summed E-state index contributed by atoms with van der Waals surface area (Å²) in [6.07, 6.45) is 0. The van der Waals surface area contributed by atoms with Crippen LogP contribution in [0, 0.1) is 5.92 Å². The number of carbonyl (C=O) groups is 1. The number of aromatic nitrogens is 2. The van der Waals surface area contributed by atoms with E-state index in [-0.39, 0.29) is 30.0 Å². The van der Waals surface area contributed by atoms with Crippen molar-refractivity contribution in [2.75, 3.05) is 0 Å². The van der Waals surface area contributed by atoms with E-state index in [1.807, 2.05) is 60.7 Å². The first-order chi connectivity index (χ1) is 13.0. The molecule has 0 saturated carbocycles. The summed E-state index contributed by atoms with van der Waals surface area (Å²) in [6, 6.07) is 22.4. The van der Waals surface area contributed by atoms with Crippen LogP contribution >= 0.6 is 0 Å². The van der Waals surface area contributed by atoms with E-state index in [0.29, 0.717) is 5.69 Å². The maximum Gasteiger partial charge on any atom is 0.267 e. The predicted molar refractivity (Wildman–Crippen MR) is 106 cm³/mol. The minimum Gasteiger partial charge on any atom is -0.347 e. The van der Waals surface area contributed by atoms with E-state index in [0.717, 1.165) is 11.1 Å². The molecule has 0 radical (unpaired) electrons. The van der Waals surface area contributed by atoms with Crippen molar-refractivity contribution in [2.45, 2.75) is 26.4 Å². The van der Waals surface area contributed by atoms with Crippen LogP contribution in [0.4, 0.5) is 0 Å². The monoisotopic (exact) mass is 361 g/mol. The van der Waals surface area contributed by atoms with Crippen molar-refractivity contribution in [1.82, 2.24) is 15.1 Å².